The van der Waals surface area contributed by atoms with E-state index in [1.165, 1.54) is 7.11 Å². The summed E-state index contributed by atoms with van der Waals surface area (Å²) in [6.45, 7) is -0.327. The maximum absolute atomic E-state index is 8.51. The van der Waals surface area contributed by atoms with E-state index in [1.807, 2.05) is 0 Å². The number of aliphatic hydroxyl groups is 2. The molecule has 2 N–H and O–H groups in total. The first-order valence-electron chi connectivity index (χ1n) is 2.17. The topological polar surface area (TPSA) is 62.0 Å². The molecule has 0 aromatic heterocycles. The van der Waals surface area contributed by atoms with E-state index < -0.39 is 6.10 Å². The smallest absolute Gasteiger partial charge is 0.115 e. The van der Waals surface area contributed by atoms with Crippen LogP contribution in [0.3, 0.4) is 0 Å². The zero-order valence-electron chi connectivity index (χ0n) is 4.61. The summed E-state index contributed by atoms with van der Waals surface area (Å²) in [4.78, 5) is 4.21. The first kappa shape index (κ1) is 7.39. The minimum absolute atomic E-state index is 0.327. The Morgan fingerprint density at radius 1 is 1.88 bits per heavy atom. The first-order valence-corrected chi connectivity index (χ1v) is 2.17. The van der Waals surface area contributed by atoms with Gasteiger partial charge in [0.25, 0.3) is 0 Å². The van der Waals surface area contributed by atoms with Crippen LogP contribution in [0, 0.1) is 0 Å². The molecule has 0 aliphatic rings. The van der Waals surface area contributed by atoms with Gasteiger partial charge in [-0.3, -0.25) is 0 Å². The molecule has 8 heavy (non-hydrogen) atoms. The van der Waals surface area contributed by atoms with Gasteiger partial charge in [0.1, 0.15) is 13.2 Å². The van der Waals surface area contributed by atoms with Gasteiger partial charge in [0.2, 0.25) is 0 Å². The van der Waals surface area contributed by atoms with Crippen LogP contribution in [-0.2, 0) is 4.84 Å². The summed E-state index contributed by atoms with van der Waals surface area (Å²) in [7, 11) is 1.36. The number of oxime groups is 1. The number of nitrogens with zero attached hydrogens (tertiary/aromatic N) is 1. The lowest BCUT2D eigenvalue weighted by Crippen LogP contribution is -2.12. The predicted molar refractivity (Wildman–Crippen MR) is 28.6 cm³/mol. The van der Waals surface area contributed by atoms with Gasteiger partial charge >= 0.3 is 0 Å². The van der Waals surface area contributed by atoms with Gasteiger partial charge in [0, 0.05) is 0 Å². The molecule has 0 saturated carbocycles. The normalized spacial score (nSPS) is 14.4. The SMILES string of the molecule is CO/N=C/C(O)CO. The van der Waals surface area contributed by atoms with Crippen LogP contribution in [-0.4, -0.2) is 36.2 Å². The summed E-state index contributed by atoms with van der Waals surface area (Å²) in [5.74, 6) is 0. The Morgan fingerprint density at radius 3 is 2.88 bits per heavy atom. The van der Waals surface area contributed by atoms with E-state index in [9.17, 15) is 0 Å². The van der Waals surface area contributed by atoms with Gasteiger partial charge in [-0.25, -0.2) is 0 Å². The van der Waals surface area contributed by atoms with E-state index in [2.05, 4.69) is 9.99 Å². The van der Waals surface area contributed by atoms with Crippen LogP contribution in [0.2, 0.25) is 0 Å². The minimum atomic E-state index is -0.907. The van der Waals surface area contributed by atoms with Crippen molar-refractivity contribution >= 4 is 6.21 Å². The van der Waals surface area contributed by atoms with Gasteiger partial charge in [-0.2, -0.15) is 0 Å². The number of rotatable bonds is 3. The Balaban J connectivity index is 3.21. The highest BCUT2D eigenvalue weighted by atomic mass is 16.6. The van der Waals surface area contributed by atoms with Crippen LogP contribution >= 0.6 is 0 Å². The number of aliphatic hydroxyl groups excluding tert-OH is 2. The number of hydrogen-bond donors (Lipinski definition) is 2. The summed E-state index contributed by atoms with van der Waals surface area (Å²) >= 11 is 0. The van der Waals surface area contributed by atoms with Crippen molar-refractivity contribution in [3.05, 3.63) is 0 Å². The Morgan fingerprint density at radius 2 is 2.50 bits per heavy atom. The quantitative estimate of drug-likeness (QED) is 0.369. The molecule has 0 radical (unpaired) electrons. The van der Waals surface area contributed by atoms with Crippen molar-refractivity contribution in [2.24, 2.45) is 5.16 Å². The fraction of sp³-hybridized carbons (Fsp3) is 0.750. The van der Waals surface area contributed by atoms with Gasteiger partial charge in [-0.15, -0.1) is 0 Å². The van der Waals surface area contributed by atoms with Gasteiger partial charge in [-0.1, -0.05) is 5.16 Å². The summed E-state index contributed by atoms with van der Waals surface area (Å²) < 4.78 is 0. The summed E-state index contributed by atoms with van der Waals surface area (Å²) in [6.07, 6.45) is 0.204. The molecule has 0 bridgehead atoms. The van der Waals surface area contributed by atoms with E-state index in [0.717, 1.165) is 6.21 Å². The maximum Gasteiger partial charge on any atom is 0.115 e. The third kappa shape index (κ3) is 3.58. The van der Waals surface area contributed by atoms with Crippen molar-refractivity contribution in [2.75, 3.05) is 13.7 Å². The van der Waals surface area contributed by atoms with Crippen LogP contribution < -0.4 is 0 Å². The lowest BCUT2D eigenvalue weighted by Gasteiger charge is -1.94. The van der Waals surface area contributed by atoms with E-state index >= 15 is 0 Å². The molecule has 0 saturated heterocycles. The maximum atomic E-state index is 8.51. The molecule has 4 heteroatoms. The summed E-state index contributed by atoms with van der Waals surface area (Å²) in [5.41, 5.74) is 0. The highest BCUT2D eigenvalue weighted by Gasteiger charge is 1.92. The number of hydrogen-bond acceptors (Lipinski definition) is 4. The Kier molecular flexibility index (Phi) is 4.20. The molecule has 0 aromatic carbocycles. The predicted octanol–water partition coefficient (Wildman–Crippen LogP) is -1.03. The van der Waals surface area contributed by atoms with Crippen molar-refractivity contribution in [1.29, 1.82) is 0 Å². The fourth-order valence-electron chi connectivity index (χ4n) is 0.178. The van der Waals surface area contributed by atoms with Crippen molar-refractivity contribution in [3.8, 4) is 0 Å². The van der Waals surface area contributed by atoms with E-state index in [-0.39, 0.29) is 6.61 Å². The monoisotopic (exact) mass is 119 g/mol. The van der Waals surface area contributed by atoms with Crippen LogP contribution in [0.15, 0.2) is 5.16 Å². The molecule has 48 valence electrons. The Labute approximate surface area is 47.4 Å². The first-order chi connectivity index (χ1) is 3.81. The zero-order chi connectivity index (χ0) is 6.41. The second kappa shape index (κ2) is 4.55. The molecule has 0 aliphatic heterocycles. The molecule has 0 aliphatic carbocycles. The van der Waals surface area contributed by atoms with Crippen LogP contribution in [0.1, 0.15) is 0 Å². The molecule has 4 nitrogen and oxygen atoms in total. The van der Waals surface area contributed by atoms with Gasteiger partial charge in [0.15, 0.2) is 0 Å². The van der Waals surface area contributed by atoms with E-state index in [4.69, 9.17) is 10.2 Å². The molecule has 0 rings (SSSR count). The van der Waals surface area contributed by atoms with Gasteiger partial charge in [-0.05, 0) is 0 Å². The largest absolute Gasteiger partial charge is 0.399 e. The second-order valence-electron chi connectivity index (χ2n) is 1.19. The highest BCUT2D eigenvalue weighted by Crippen LogP contribution is 1.73. The molecule has 1 atom stereocenters. The molecule has 0 spiro atoms. The Hall–Kier alpha value is -0.610. The molecular weight excluding hydrogens is 110 g/mol. The molecule has 0 amide bonds. The molecule has 1 unspecified atom stereocenters. The van der Waals surface area contributed by atoms with Gasteiger partial charge < -0.3 is 15.1 Å². The van der Waals surface area contributed by atoms with Crippen LogP contribution in [0.4, 0.5) is 0 Å². The van der Waals surface area contributed by atoms with Gasteiger partial charge in [0.05, 0.1) is 12.8 Å². The second-order valence-corrected chi connectivity index (χ2v) is 1.19. The molecule has 0 aromatic rings. The average molecular weight is 119 g/mol. The van der Waals surface area contributed by atoms with Crippen LogP contribution in [0.25, 0.3) is 0 Å². The zero-order valence-corrected chi connectivity index (χ0v) is 4.61. The minimum Gasteiger partial charge on any atom is -0.399 e. The third-order valence-electron chi connectivity index (χ3n) is 0.525. The van der Waals surface area contributed by atoms with E-state index in [1.54, 1.807) is 0 Å². The molecule has 0 fully saturated rings. The van der Waals surface area contributed by atoms with E-state index in [0.29, 0.717) is 0 Å². The summed E-state index contributed by atoms with van der Waals surface area (Å²) in [5, 5.41) is 19.9. The van der Waals surface area contributed by atoms with Crippen LogP contribution in [0.5, 0.6) is 0 Å². The third-order valence-corrected chi connectivity index (χ3v) is 0.525. The Bertz CT molecular complexity index is 73.7. The lowest BCUT2D eigenvalue weighted by molar-refractivity contribution is 0.141. The highest BCUT2D eigenvalue weighted by molar-refractivity contribution is 5.61. The standard InChI is InChI=1S/C4H9NO3/c1-8-5-2-4(7)3-6/h2,4,6-7H,3H2,1H3/b5-2+. The van der Waals surface area contributed by atoms with Crippen molar-refractivity contribution in [1.82, 2.24) is 0 Å². The average Bonchev–Trinajstić information content (AvgIpc) is 1.83. The molecule has 0 heterocycles. The van der Waals surface area contributed by atoms with Crippen molar-refractivity contribution in [3.63, 3.8) is 0 Å². The van der Waals surface area contributed by atoms with Crippen molar-refractivity contribution < 1.29 is 15.1 Å². The lowest BCUT2D eigenvalue weighted by atomic mass is 10.4. The van der Waals surface area contributed by atoms with Crippen molar-refractivity contribution in [2.45, 2.75) is 6.10 Å². The fourth-order valence-corrected chi connectivity index (χ4v) is 0.178. The summed E-state index contributed by atoms with van der Waals surface area (Å²) in [6, 6.07) is 0. The molecular formula is C4H9NO3.